The van der Waals surface area contributed by atoms with E-state index in [4.69, 9.17) is 0 Å². The van der Waals surface area contributed by atoms with Crippen molar-refractivity contribution >= 4 is 39.4 Å². The molecule has 6 heteroatoms. The number of carboxylic acids is 1. The van der Waals surface area contributed by atoms with Crippen molar-refractivity contribution in [3.8, 4) is 0 Å². The molecule has 0 atom stereocenters. The molecular formula is C15H7BrNO4-. The average Bonchev–Trinajstić information content (AvgIpc) is 2.72. The fourth-order valence-corrected chi connectivity index (χ4v) is 2.46. The van der Waals surface area contributed by atoms with E-state index in [0.717, 1.165) is 9.37 Å². The van der Waals surface area contributed by atoms with Crippen LogP contribution in [0.5, 0.6) is 0 Å². The van der Waals surface area contributed by atoms with E-state index in [9.17, 15) is 19.5 Å². The van der Waals surface area contributed by atoms with Crippen molar-refractivity contribution in [2.45, 2.75) is 0 Å². The molecule has 0 aromatic heterocycles. The van der Waals surface area contributed by atoms with Crippen LogP contribution in [-0.2, 0) is 0 Å². The second-order valence-corrected chi connectivity index (χ2v) is 5.39. The van der Waals surface area contributed by atoms with Crippen molar-refractivity contribution in [2.24, 2.45) is 0 Å². The van der Waals surface area contributed by atoms with E-state index in [1.165, 1.54) is 18.2 Å². The molecule has 5 nitrogen and oxygen atoms in total. The Morgan fingerprint density at radius 1 is 0.952 bits per heavy atom. The summed E-state index contributed by atoms with van der Waals surface area (Å²) in [5.41, 5.74) is 0.560. The summed E-state index contributed by atoms with van der Waals surface area (Å²) < 4.78 is 0.821. The molecule has 2 aromatic carbocycles. The average molecular weight is 345 g/mol. The van der Waals surface area contributed by atoms with Crippen molar-refractivity contribution < 1.29 is 19.5 Å². The Morgan fingerprint density at radius 2 is 1.57 bits per heavy atom. The van der Waals surface area contributed by atoms with Crippen molar-refractivity contribution in [3.63, 3.8) is 0 Å². The summed E-state index contributed by atoms with van der Waals surface area (Å²) in [6.45, 7) is 0. The number of imide groups is 1. The minimum absolute atomic E-state index is 0.0737. The smallest absolute Gasteiger partial charge is 0.266 e. The van der Waals surface area contributed by atoms with Gasteiger partial charge in [-0.25, -0.2) is 4.90 Å². The van der Waals surface area contributed by atoms with Gasteiger partial charge in [0, 0.05) is 4.47 Å². The zero-order valence-corrected chi connectivity index (χ0v) is 12.1. The molecule has 1 aliphatic heterocycles. The first-order chi connectivity index (χ1) is 9.99. The van der Waals surface area contributed by atoms with Gasteiger partial charge in [0.25, 0.3) is 11.8 Å². The Morgan fingerprint density at radius 3 is 2.19 bits per heavy atom. The van der Waals surface area contributed by atoms with Crippen molar-refractivity contribution in [3.05, 3.63) is 63.6 Å². The maximum Gasteiger partial charge on any atom is 0.266 e. The molecule has 0 N–H and O–H groups in total. The molecule has 0 bridgehead atoms. The Hall–Kier alpha value is -2.47. The number of carbonyl (C=O) groups excluding carboxylic acids is 3. The third-order valence-electron chi connectivity index (χ3n) is 3.21. The number of rotatable bonds is 2. The van der Waals surface area contributed by atoms with Crippen LogP contribution in [0, 0.1) is 0 Å². The second kappa shape index (κ2) is 4.82. The summed E-state index contributed by atoms with van der Waals surface area (Å²) in [6.07, 6.45) is 0. The van der Waals surface area contributed by atoms with E-state index >= 15 is 0 Å². The number of amides is 2. The number of benzene rings is 2. The van der Waals surface area contributed by atoms with E-state index in [1.807, 2.05) is 0 Å². The number of anilines is 1. The number of aromatic carboxylic acids is 1. The fourth-order valence-electron chi connectivity index (χ4n) is 2.19. The lowest BCUT2D eigenvalue weighted by molar-refractivity contribution is -0.255. The predicted molar refractivity (Wildman–Crippen MR) is 76.1 cm³/mol. The molecule has 2 aromatic rings. The highest BCUT2D eigenvalue weighted by Crippen LogP contribution is 2.29. The molecule has 3 rings (SSSR count). The van der Waals surface area contributed by atoms with E-state index in [2.05, 4.69) is 15.9 Å². The van der Waals surface area contributed by atoms with Gasteiger partial charge in [-0.15, -0.1) is 0 Å². The lowest BCUT2D eigenvalue weighted by Gasteiger charge is -2.13. The summed E-state index contributed by atoms with van der Waals surface area (Å²) >= 11 is 3.28. The van der Waals surface area contributed by atoms with Gasteiger partial charge in [0.2, 0.25) is 0 Å². The zero-order chi connectivity index (χ0) is 15.1. The summed E-state index contributed by atoms with van der Waals surface area (Å²) in [5, 5.41) is 10.9. The molecule has 0 aliphatic carbocycles. The first-order valence-corrected chi connectivity index (χ1v) is 6.78. The summed E-state index contributed by atoms with van der Waals surface area (Å²) in [7, 11) is 0. The summed E-state index contributed by atoms with van der Waals surface area (Å²) in [4.78, 5) is 36.5. The lowest BCUT2D eigenvalue weighted by atomic mass is 10.1. The second-order valence-electron chi connectivity index (χ2n) is 4.47. The quantitative estimate of drug-likeness (QED) is 0.775. The highest BCUT2D eigenvalue weighted by molar-refractivity contribution is 9.10. The van der Waals surface area contributed by atoms with Crippen LogP contribution in [-0.4, -0.2) is 17.8 Å². The molecule has 0 saturated carbocycles. The number of carboxylic acid groups (broad SMARTS) is 1. The Balaban J connectivity index is 2.08. The third kappa shape index (κ3) is 2.13. The Labute approximate surface area is 127 Å². The van der Waals surface area contributed by atoms with Gasteiger partial charge < -0.3 is 9.90 Å². The molecular weight excluding hydrogens is 338 g/mol. The van der Waals surface area contributed by atoms with Gasteiger partial charge in [-0.2, -0.15) is 0 Å². The van der Waals surface area contributed by atoms with Crippen LogP contribution in [0.3, 0.4) is 0 Å². The number of nitrogens with zero attached hydrogens (tertiary/aromatic N) is 1. The Bertz CT molecular complexity index is 783. The highest BCUT2D eigenvalue weighted by Gasteiger charge is 2.36. The van der Waals surface area contributed by atoms with Gasteiger partial charge in [-0.1, -0.05) is 22.0 Å². The number of halogens is 1. The van der Waals surface area contributed by atoms with Crippen LogP contribution in [0.1, 0.15) is 31.1 Å². The maximum atomic E-state index is 12.3. The summed E-state index contributed by atoms with van der Waals surface area (Å²) in [5.74, 6) is -2.40. The van der Waals surface area contributed by atoms with E-state index in [1.54, 1.807) is 24.3 Å². The third-order valence-corrected chi connectivity index (χ3v) is 3.74. The fraction of sp³-hybridized carbons (Fsp3) is 0. The topological polar surface area (TPSA) is 77.5 Å². The zero-order valence-electron chi connectivity index (χ0n) is 10.5. The van der Waals surface area contributed by atoms with Crippen molar-refractivity contribution in [2.75, 3.05) is 4.90 Å². The van der Waals surface area contributed by atoms with Gasteiger partial charge in [-0.3, -0.25) is 9.59 Å². The van der Waals surface area contributed by atoms with Crippen LogP contribution in [0.25, 0.3) is 0 Å². The van der Waals surface area contributed by atoms with Gasteiger partial charge in [0.05, 0.1) is 22.8 Å². The van der Waals surface area contributed by atoms with Gasteiger partial charge in [-0.05, 0) is 42.0 Å². The molecule has 0 saturated heterocycles. The van der Waals surface area contributed by atoms with Crippen LogP contribution < -0.4 is 10.0 Å². The molecule has 2 amide bonds. The molecule has 104 valence electrons. The normalized spacial score (nSPS) is 13.5. The van der Waals surface area contributed by atoms with Crippen LogP contribution in [0.15, 0.2) is 46.9 Å². The monoisotopic (exact) mass is 344 g/mol. The molecule has 21 heavy (non-hydrogen) atoms. The minimum Gasteiger partial charge on any atom is -0.545 e. The molecule has 1 heterocycles. The van der Waals surface area contributed by atoms with E-state index < -0.39 is 17.8 Å². The molecule has 1 aliphatic rings. The Kier molecular flexibility index (Phi) is 3.10. The van der Waals surface area contributed by atoms with Crippen molar-refractivity contribution in [1.82, 2.24) is 0 Å². The number of hydrogen-bond donors (Lipinski definition) is 0. The SMILES string of the molecule is O=C([O-])c1ccc2c(c1)C(=O)N(c1ccc(Br)cc1)C2=O. The molecule has 0 fully saturated rings. The van der Waals surface area contributed by atoms with Crippen LogP contribution in [0.4, 0.5) is 5.69 Å². The van der Waals surface area contributed by atoms with Gasteiger partial charge in [0.15, 0.2) is 0 Å². The maximum absolute atomic E-state index is 12.3. The standard InChI is InChI=1S/C15H8BrNO4/c16-9-2-4-10(5-3-9)17-13(18)11-6-1-8(15(20)21)7-12(11)14(17)19/h1-7H,(H,20,21)/p-1. The lowest BCUT2D eigenvalue weighted by Crippen LogP contribution is -2.29. The van der Waals surface area contributed by atoms with Gasteiger partial charge >= 0.3 is 0 Å². The minimum atomic E-state index is -1.39. The largest absolute Gasteiger partial charge is 0.545 e. The van der Waals surface area contributed by atoms with E-state index in [0.29, 0.717) is 5.69 Å². The molecule has 0 unspecified atom stereocenters. The molecule has 0 spiro atoms. The van der Waals surface area contributed by atoms with Crippen molar-refractivity contribution in [1.29, 1.82) is 0 Å². The number of fused-ring (bicyclic) bond motifs is 1. The number of carbonyl (C=O) groups is 3. The number of hydrogen-bond acceptors (Lipinski definition) is 4. The van der Waals surface area contributed by atoms with E-state index in [-0.39, 0.29) is 16.7 Å². The first-order valence-electron chi connectivity index (χ1n) is 5.99. The van der Waals surface area contributed by atoms with Crippen LogP contribution >= 0.6 is 15.9 Å². The first kappa shape index (κ1) is 13.5. The van der Waals surface area contributed by atoms with Gasteiger partial charge in [0.1, 0.15) is 0 Å². The van der Waals surface area contributed by atoms with Crippen LogP contribution in [0.2, 0.25) is 0 Å². The summed E-state index contributed by atoms with van der Waals surface area (Å²) in [6, 6.07) is 10.4. The highest BCUT2D eigenvalue weighted by atomic mass is 79.9. The predicted octanol–water partition coefficient (Wildman–Crippen LogP) is 1.61. The molecule has 0 radical (unpaired) electrons.